The summed E-state index contributed by atoms with van der Waals surface area (Å²) in [4.78, 5) is 30.5. The molecule has 0 aromatic heterocycles. The summed E-state index contributed by atoms with van der Waals surface area (Å²) in [6.07, 6.45) is 1.28. The van der Waals surface area contributed by atoms with Crippen LogP contribution in [0.15, 0.2) is 54.6 Å². The molecule has 4 rings (SSSR count). The molecular weight excluding hydrogens is 362 g/mol. The molecule has 29 heavy (non-hydrogen) atoms. The van der Waals surface area contributed by atoms with Crippen molar-refractivity contribution in [3.8, 4) is 0 Å². The zero-order valence-corrected chi connectivity index (χ0v) is 17.2. The third-order valence-corrected chi connectivity index (χ3v) is 6.11. The number of nitrogens with zero attached hydrogens (tertiary/aromatic N) is 2. The Morgan fingerprint density at radius 1 is 0.897 bits per heavy atom. The van der Waals surface area contributed by atoms with Gasteiger partial charge in [0.1, 0.15) is 5.41 Å². The van der Waals surface area contributed by atoms with E-state index in [2.05, 4.69) is 36.2 Å². The molecule has 5 heteroatoms. The van der Waals surface area contributed by atoms with Gasteiger partial charge in [0, 0.05) is 37.6 Å². The van der Waals surface area contributed by atoms with Gasteiger partial charge in [-0.3, -0.25) is 9.59 Å². The number of nitrogens with one attached hydrogen (secondary N) is 1. The smallest absolute Gasteiger partial charge is 0.240 e. The van der Waals surface area contributed by atoms with E-state index in [9.17, 15) is 9.59 Å². The Bertz CT molecular complexity index is 882. The van der Waals surface area contributed by atoms with E-state index in [1.165, 1.54) is 5.69 Å². The third-order valence-electron chi connectivity index (χ3n) is 6.11. The molecule has 152 valence electrons. The van der Waals surface area contributed by atoms with E-state index < -0.39 is 5.41 Å². The van der Waals surface area contributed by atoms with E-state index in [0.29, 0.717) is 31.8 Å². The van der Waals surface area contributed by atoms with Crippen molar-refractivity contribution >= 4 is 23.2 Å². The number of carbonyl (C=O) groups excluding carboxylic acids is 2. The lowest BCUT2D eigenvalue weighted by molar-refractivity contribution is -0.142. The average molecular weight is 392 g/mol. The summed E-state index contributed by atoms with van der Waals surface area (Å²) in [5, 5.41) is 3.05. The molecule has 0 spiro atoms. The van der Waals surface area contributed by atoms with E-state index in [1.54, 1.807) is 0 Å². The number of hydrogen-bond donors (Lipinski definition) is 1. The largest absolute Gasteiger partial charge is 0.368 e. The van der Waals surface area contributed by atoms with E-state index in [1.807, 2.05) is 47.4 Å². The van der Waals surface area contributed by atoms with Crippen LogP contribution in [0, 0.1) is 5.41 Å². The fraction of sp³-hybridized carbons (Fsp3) is 0.417. The molecule has 1 aliphatic heterocycles. The molecule has 0 radical (unpaired) electrons. The normalized spacial score (nSPS) is 17.9. The standard InChI is InChI=1S/C24H29N3O2/c1-18(2)20-10-6-7-11-21(20)25-22(28)24(12-13-24)23(29)27-16-14-26(15-17-27)19-8-4-3-5-9-19/h3-11,18H,12-17H2,1-2H3,(H,25,28). The van der Waals surface area contributed by atoms with Crippen LogP contribution in [0.3, 0.4) is 0 Å². The first-order valence-corrected chi connectivity index (χ1v) is 10.5. The average Bonchev–Trinajstić information content (AvgIpc) is 3.56. The predicted octanol–water partition coefficient (Wildman–Crippen LogP) is 3.88. The molecule has 1 aliphatic carbocycles. The second-order valence-electron chi connectivity index (χ2n) is 8.39. The molecular formula is C24H29N3O2. The second-order valence-corrected chi connectivity index (χ2v) is 8.39. The summed E-state index contributed by atoms with van der Waals surface area (Å²) < 4.78 is 0. The molecule has 1 N–H and O–H groups in total. The summed E-state index contributed by atoms with van der Waals surface area (Å²) >= 11 is 0. The van der Waals surface area contributed by atoms with Crippen molar-refractivity contribution < 1.29 is 9.59 Å². The van der Waals surface area contributed by atoms with Crippen molar-refractivity contribution in [3.05, 3.63) is 60.2 Å². The number of hydrogen-bond acceptors (Lipinski definition) is 3. The molecule has 2 aromatic carbocycles. The fourth-order valence-electron chi connectivity index (χ4n) is 4.13. The van der Waals surface area contributed by atoms with E-state index in [-0.39, 0.29) is 11.8 Å². The van der Waals surface area contributed by atoms with Crippen LogP contribution in [0.4, 0.5) is 11.4 Å². The number of para-hydroxylation sites is 2. The van der Waals surface area contributed by atoms with Crippen molar-refractivity contribution in [1.82, 2.24) is 4.90 Å². The van der Waals surface area contributed by atoms with Gasteiger partial charge in [0.25, 0.3) is 0 Å². The van der Waals surface area contributed by atoms with Crippen LogP contribution in [0.25, 0.3) is 0 Å². The van der Waals surface area contributed by atoms with Crippen molar-refractivity contribution in [1.29, 1.82) is 0 Å². The number of amides is 2. The quantitative estimate of drug-likeness (QED) is 0.787. The lowest BCUT2D eigenvalue weighted by atomic mass is 9.99. The number of anilines is 2. The van der Waals surface area contributed by atoms with Crippen LogP contribution in [-0.2, 0) is 9.59 Å². The highest BCUT2D eigenvalue weighted by atomic mass is 16.2. The molecule has 2 amide bonds. The third kappa shape index (κ3) is 3.86. The van der Waals surface area contributed by atoms with Crippen molar-refractivity contribution in [2.75, 3.05) is 36.4 Å². The SMILES string of the molecule is CC(C)c1ccccc1NC(=O)C1(C(=O)N2CCN(c3ccccc3)CC2)CC1. The number of benzene rings is 2. The Balaban J connectivity index is 1.41. The Morgan fingerprint density at radius 3 is 2.14 bits per heavy atom. The fourth-order valence-corrected chi connectivity index (χ4v) is 4.13. The maximum absolute atomic E-state index is 13.2. The van der Waals surface area contributed by atoms with E-state index >= 15 is 0 Å². The van der Waals surface area contributed by atoms with Gasteiger partial charge >= 0.3 is 0 Å². The van der Waals surface area contributed by atoms with Gasteiger partial charge in [-0.05, 0) is 42.5 Å². The molecule has 2 aromatic rings. The zero-order chi connectivity index (χ0) is 20.4. The van der Waals surface area contributed by atoms with Crippen molar-refractivity contribution in [2.24, 2.45) is 5.41 Å². The Kier molecular flexibility index (Phi) is 5.31. The molecule has 2 fully saturated rings. The highest BCUT2D eigenvalue weighted by Gasteiger charge is 2.58. The van der Waals surface area contributed by atoms with Gasteiger partial charge in [0.15, 0.2) is 0 Å². The lowest BCUT2D eigenvalue weighted by Crippen LogP contribution is -2.52. The van der Waals surface area contributed by atoms with Crippen LogP contribution in [0.1, 0.15) is 38.2 Å². The van der Waals surface area contributed by atoms with Gasteiger partial charge in [-0.15, -0.1) is 0 Å². The predicted molar refractivity (Wildman–Crippen MR) is 116 cm³/mol. The Labute approximate surface area is 172 Å². The molecule has 0 atom stereocenters. The lowest BCUT2D eigenvalue weighted by Gasteiger charge is -2.37. The van der Waals surface area contributed by atoms with Crippen LogP contribution in [0.5, 0.6) is 0 Å². The van der Waals surface area contributed by atoms with Gasteiger partial charge in [-0.2, -0.15) is 0 Å². The summed E-state index contributed by atoms with van der Waals surface area (Å²) in [5.41, 5.74) is 2.23. The van der Waals surface area contributed by atoms with Crippen LogP contribution < -0.4 is 10.2 Å². The van der Waals surface area contributed by atoms with Gasteiger partial charge in [0.2, 0.25) is 11.8 Å². The number of rotatable bonds is 5. The molecule has 2 aliphatic rings. The van der Waals surface area contributed by atoms with Gasteiger partial charge in [0.05, 0.1) is 0 Å². The van der Waals surface area contributed by atoms with Crippen molar-refractivity contribution in [3.63, 3.8) is 0 Å². The van der Waals surface area contributed by atoms with Crippen LogP contribution >= 0.6 is 0 Å². The molecule has 1 saturated heterocycles. The number of piperazine rings is 1. The second kappa shape index (κ2) is 7.90. The molecule has 1 saturated carbocycles. The van der Waals surface area contributed by atoms with Crippen LogP contribution in [-0.4, -0.2) is 42.9 Å². The first-order chi connectivity index (χ1) is 14.0. The maximum Gasteiger partial charge on any atom is 0.240 e. The minimum absolute atomic E-state index is 0.00950. The van der Waals surface area contributed by atoms with E-state index in [4.69, 9.17) is 0 Å². The van der Waals surface area contributed by atoms with Crippen LogP contribution in [0.2, 0.25) is 0 Å². The summed E-state index contributed by atoms with van der Waals surface area (Å²) in [6.45, 7) is 7.12. The van der Waals surface area contributed by atoms with Gasteiger partial charge < -0.3 is 15.1 Å². The van der Waals surface area contributed by atoms with Gasteiger partial charge in [-0.25, -0.2) is 0 Å². The topological polar surface area (TPSA) is 52.7 Å². The number of carbonyl (C=O) groups is 2. The molecule has 0 bridgehead atoms. The first kappa shape index (κ1) is 19.5. The monoisotopic (exact) mass is 391 g/mol. The Hall–Kier alpha value is -2.82. The minimum Gasteiger partial charge on any atom is -0.368 e. The molecule has 0 unspecified atom stereocenters. The summed E-state index contributed by atoms with van der Waals surface area (Å²) in [6, 6.07) is 18.1. The maximum atomic E-state index is 13.2. The summed E-state index contributed by atoms with van der Waals surface area (Å²) in [5.74, 6) is 0.147. The minimum atomic E-state index is -0.876. The highest BCUT2D eigenvalue weighted by Crippen LogP contribution is 2.48. The molecule has 1 heterocycles. The van der Waals surface area contributed by atoms with E-state index in [0.717, 1.165) is 24.3 Å². The van der Waals surface area contributed by atoms with Gasteiger partial charge in [-0.1, -0.05) is 50.2 Å². The first-order valence-electron chi connectivity index (χ1n) is 10.5. The van der Waals surface area contributed by atoms with Crippen molar-refractivity contribution in [2.45, 2.75) is 32.6 Å². The Morgan fingerprint density at radius 2 is 1.52 bits per heavy atom. The highest BCUT2D eigenvalue weighted by molar-refractivity contribution is 6.13. The summed E-state index contributed by atoms with van der Waals surface area (Å²) in [7, 11) is 0. The zero-order valence-electron chi connectivity index (χ0n) is 17.2. The molecule has 5 nitrogen and oxygen atoms in total.